The zero-order valence-corrected chi connectivity index (χ0v) is 11.0. The quantitative estimate of drug-likeness (QED) is 0.832. The van der Waals surface area contributed by atoms with E-state index in [1.807, 2.05) is 14.0 Å². The third kappa shape index (κ3) is 3.44. The van der Waals surface area contributed by atoms with Crippen molar-refractivity contribution >= 4 is 18.3 Å². The van der Waals surface area contributed by atoms with Crippen LogP contribution in [0.1, 0.15) is 29.0 Å². The maximum absolute atomic E-state index is 11.7. The van der Waals surface area contributed by atoms with Crippen molar-refractivity contribution in [1.82, 2.24) is 15.1 Å². The van der Waals surface area contributed by atoms with Gasteiger partial charge in [0.15, 0.2) is 0 Å². The molecule has 2 rings (SSSR count). The summed E-state index contributed by atoms with van der Waals surface area (Å²) < 4.78 is 1.69. The predicted molar refractivity (Wildman–Crippen MR) is 68.2 cm³/mol. The van der Waals surface area contributed by atoms with Crippen molar-refractivity contribution in [2.24, 2.45) is 18.7 Å². The number of hydrogen-bond donors (Lipinski definition) is 2. The van der Waals surface area contributed by atoms with Crippen LogP contribution in [0.2, 0.25) is 0 Å². The number of carbonyl (C=O) groups is 1. The average Bonchev–Trinajstić information content (AvgIpc) is 3.03. The summed E-state index contributed by atoms with van der Waals surface area (Å²) >= 11 is 0. The van der Waals surface area contributed by atoms with E-state index >= 15 is 0 Å². The molecule has 1 amide bonds. The molecule has 3 N–H and O–H groups in total. The second kappa shape index (κ2) is 5.51. The summed E-state index contributed by atoms with van der Waals surface area (Å²) in [5.41, 5.74) is 7.33. The van der Waals surface area contributed by atoms with Crippen LogP contribution in [-0.2, 0) is 7.05 Å². The van der Waals surface area contributed by atoms with Gasteiger partial charge in [-0.2, -0.15) is 5.10 Å². The molecule has 0 spiro atoms. The number of aromatic nitrogens is 2. The Balaban J connectivity index is 0.00000144. The molecule has 0 radical (unpaired) electrons. The van der Waals surface area contributed by atoms with Crippen molar-refractivity contribution in [3.63, 3.8) is 0 Å². The van der Waals surface area contributed by atoms with E-state index in [-0.39, 0.29) is 24.4 Å². The van der Waals surface area contributed by atoms with Gasteiger partial charge in [-0.3, -0.25) is 9.48 Å². The molecule has 17 heavy (non-hydrogen) atoms. The summed E-state index contributed by atoms with van der Waals surface area (Å²) in [5.74, 6) is 0.463. The van der Waals surface area contributed by atoms with Crippen molar-refractivity contribution in [1.29, 1.82) is 0 Å². The highest BCUT2D eigenvalue weighted by atomic mass is 35.5. The van der Waals surface area contributed by atoms with Gasteiger partial charge in [0.05, 0.1) is 0 Å². The molecule has 5 nitrogen and oxygen atoms in total. The van der Waals surface area contributed by atoms with Crippen LogP contribution >= 0.6 is 12.4 Å². The number of nitrogens with one attached hydrogen (secondary N) is 1. The minimum Gasteiger partial charge on any atom is -0.349 e. The van der Waals surface area contributed by atoms with Crippen molar-refractivity contribution in [2.75, 3.05) is 6.54 Å². The van der Waals surface area contributed by atoms with E-state index in [0.29, 0.717) is 18.2 Å². The Bertz CT molecular complexity index is 381. The van der Waals surface area contributed by atoms with Crippen molar-refractivity contribution < 1.29 is 4.79 Å². The Morgan fingerprint density at radius 3 is 2.82 bits per heavy atom. The summed E-state index contributed by atoms with van der Waals surface area (Å²) in [5, 5.41) is 6.93. The van der Waals surface area contributed by atoms with Crippen LogP contribution in [0.4, 0.5) is 0 Å². The first-order valence-corrected chi connectivity index (χ1v) is 5.62. The minimum absolute atomic E-state index is 0. The summed E-state index contributed by atoms with van der Waals surface area (Å²) in [4.78, 5) is 11.7. The Labute approximate surface area is 107 Å². The highest BCUT2D eigenvalue weighted by molar-refractivity contribution is 5.92. The van der Waals surface area contributed by atoms with Crippen molar-refractivity contribution in [3.05, 3.63) is 17.5 Å². The van der Waals surface area contributed by atoms with Crippen LogP contribution in [0.3, 0.4) is 0 Å². The molecule has 1 saturated carbocycles. The monoisotopic (exact) mass is 258 g/mol. The molecule has 1 aromatic heterocycles. The molecule has 1 atom stereocenters. The molecule has 0 aliphatic heterocycles. The van der Waals surface area contributed by atoms with Gasteiger partial charge in [0.1, 0.15) is 5.69 Å². The first-order valence-electron chi connectivity index (χ1n) is 5.62. The Kier molecular flexibility index (Phi) is 4.54. The lowest BCUT2D eigenvalue weighted by molar-refractivity contribution is 0.0944. The topological polar surface area (TPSA) is 72.9 Å². The SMILES string of the molecule is Cc1cc(C(=O)NCC(N)C2CC2)nn1C.Cl. The number of nitrogens with zero attached hydrogens (tertiary/aromatic N) is 2. The number of rotatable bonds is 4. The molecule has 1 fully saturated rings. The maximum atomic E-state index is 11.7. The van der Waals surface area contributed by atoms with Crippen LogP contribution in [-0.4, -0.2) is 28.3 Å². The molecule has 6 heteroatoms. The van der Waals surface area contributed by atoms with Crippen LogP contribution in [0.25, 0.3) is 0 Å². The summed E-state index contributed by atoms with van der Waals surface area (Å²) in [6.07, 6.45) is 2.39. The lowest BCUT2D eigenvalue weighted by atomic mass is 10.2. The normalized spacial score (nSPS) is 16.2. The molecule has 1 heterocycles. The second-order valence-corrected chi connectivity index (χ2v) is 4.51. The van der Waals surface area contributed by atoms with Crippen LogP contribution < -0.4 is 11.1 Å². The number of nitrogens with two attached hydrogens (primary N) is 1. The lowest BCUT2D eigenvalue weighted by Crippen LogP contribution is -2.38. The third-order valence-corrected chi connectivity index (χ3v) is 3.07. The van der Waals surface area contributed by atoms with E-state index in [9.17, 15) is 4.79 Å². The van der Waals surface area contributed by atoms with Crippen molar-refractivity contribution in [3.8, 4) is 0 Å². The van der Waals surface area contributed by atoms with Gasteiger partial charge in [-0.15, -0.1) is 12.4 Å². The molecule has 1 aromatic rings. The Hall–Kier alpha value is -1.07. The Morgan fingerprint density at radius 1 is 1.71 bits per heavy atom. The van der Waals surface area contributed by atoms with Gasteiger partial charge in [-0.1, -0.05) is 0 Å². The summed E-state index contributed by atoms with van der Waals surface area (Å²) in [7, 11) is 1.82. The molecular formula is C11H19ClN4O. The number of aryl methyl sites for hydroxylation is 2. The smallest absolute Gasteiger partial charge is 0.271 e. The van der Waals surface area contributed by atoms with Crippen LogP contribution in [0.5, 0.6) is 0 Å². The van der Waals surface area contributed by atoms with Gasteiger partial charge in [0.2, 0.25) is 0 Å². The van der Waals surface area contributed by atoms with E-state index < -0.39 is 0 Å². The van der Waals surface area contributed by atoms with Crippen molar-refractivity contribution in [2.45, 2.75) is 25.8 Å². The molecule has 1 aliphatic carbocycles. The third-order valence-electron chi connectivity index (χ3n) is 3.07. The van der Waals surface area contributed by atoms with Gasteiger partial charge in [0, 0.05) is 25.3 Å². The first kappa shape index (κ1) is 14.0. The largest absolute Gasteiger partial charge is 0.349 e. The van der Waals surface area contributed by atoms with Gasteiger partial charge in [-0.05, 0) is 31.7 Å². The fourth-order valence-corrected chi connectivity index (χ4v) is 1.66. The number of halogens is 1. The molecule has 96 valence electrons. The molecule has 1 unspecified atom stereocenters. The molecule has 1 aliphatic rings. The second-order valence-electron chi connectivity index (χ2n) is 4.51. The summed E-state index contributed by atoms with van der Waals surface area (Å²) in [6.45, 7) is 2.46. The standard InChI is InChI=1S/C11H18N4O.ClH/c1-7-5-10(14-15(7)2)11(16)13-6-9(12)8-3-4-8;/h5,8-9H,3-4,6,12H2,1-2H3,(H,13,16);1H. The van der Waals surface area contributed by atoms with Gasteiger partial charge in [-0.25, -0.2) is 0 Å². The maximum Gasteiger partial charge on any atom is 0.271 e. The number of carbonyl (C=O) groups excluding carboxylic acids is 1. The lowest BCUT2D eigenvalue weighted by Gasteiger charge is -2.10. The molecule has 0 saturated heterocycles. The van der Waals surface area contributed by atoms with E-state index in [1.165, 1.54) is 12.8 Å². The molecule has 0 aromatic carbocycles. The molecular weight excluding hydrogens is 240 g/mol. The predicted octanol–water partition coefficient (Wildman–Crippen LogP) is 0.617. The fraction of sp³-hybridized carbons (Fsp3) is 0.636. The number of hydrogen-bond acceptors (Lipinski definition) is 3. The van der Waals surface area contributed by atoms with Crippen LogP contribution in [0.15, 0.2) is 6.07 Å². The van der Waals surface area contributed by atoms with E-state index in [4.69, 9.17) is 5.73 Å². The fourth-order valence-electron chi connectivity index (χ4n) is 1.66. The van der Waals surface area contributed by atoms with E-state index in [1.54, 1.807) is 10.7 Å². The highest BCUT2D eigenvalue weighted by Crippen LogP contribution is 2.31. The zero-order chi connectivity index (χ0) is 11.7. The number of amides is 1. The van der Waals surface area contributed by atoms with Crippen LogP contribution in [0, 0.1) is 12.8 Å². The summed E-state index contributed by atoms with van der Waals surface area (Å²) in [6, 6.07) is 1.87. The molecule has 0 bridgehead atoms. The highest BCUT2D eigenvalue weighted by Gasteiger charge is 2.28. The van der Waals surface area contributed by atoms with E-state index in [2.05, 4.69) is 10.4 Å². The van der Waals surface area contributed by atoms with Gasteiger partial charge >= 0.3 is 0 Å². The van der Waals surface area contributed by atoms with Gasteiger partial charge in [0.25, 0.3) is 5.91 Å². The first-order chi connectivity index (χ1) is 7.58. The van der Waals surface area contributed by atoms with Gasteiger partial charge < -0.3 is 11.1 Å². The Morgan fingerprint density at radius 2 is 2.35 bits per heavy atom. The zero-order valence-electron chi connectivity index (χ0n) is 10.1. The minimum atomic E-state index is -0.139. The average molecular weight is 259 g/mol. The van der Waals surface area contributed by atoms with E-state index in [0.717, 1.165) is 5.69 Å².